The molecule has 14 nitrogen and oxygen atoms in total. The highest BCUT2D eigenvalue weighted by Crippen LogP contribution is 2.21. The van der Waals surface area contributed by atoms with Gasteiger partial charge in [-0.15, -0.1) is 0 Å². The number of phenols is 1. The lowest BCUT2D eigenvalue weighted by atomic mass is 10.3. The molecule has 48 heavy (non-hydrogen) atoms. The Balaban J connectivity index is 0.000000240. The zero-order chi connectivity index (χ0) is 34.5. The smallest absolute Gasteiger partial charge is 0.258 e. The zero-order valence-electron chi connectivity index (χ0n) is 26.0. The Kier molecular flexibility index (Phi) is 14.6. The van der Waals surface area contributed by atoms with Gasteiger partial charge in [0.25, 0.3) is 29.5 Å². The lowest BCUT2D eigenvalue weighted by molar-refractivity contribution is -0.137. The summed E-state index contributed by atoms with van der Waals surface area (Å²) in [4.78, 5) is 74.3. The number of aliphatic imine (C=N–C) groups is 1. The minimum Gasteiger partial charge on any atom is -0.508 e. The van der Waals surface area contributed by atoms with Crippen molar-refractivity contribution in [3.63, 3.8) is 0 Å². The Hall–Kier alpha value is -5.89. The number of hydrogen-bond donors (Lipinski definition) is 3. The third-order valence-corrected chi connectivity index (χ3v) is 6.54. The number of carbonyl (C=O) groups excluding carboxylic acids is 6. The van der Waals surface area contributed by atoms with E-state index >= 15 is 0 Å². The fraction of sp³-hybridized carbons (Fsp3) is 0.265. The monoisotopic (exact) mass is 660 g/mol. The molecule has 14 heteroatoms. The SMILES string of the molecule is C.C=C1C=CC(=O)N1.C=C1C=CC(=O)N1CCOCCN1C(=O)C=CC1=O.CC1=NCC(C)N1.O=C1C=CC(=O)N1c1ccc(O)cc1. The van der Waals surface area contributed by atoms with Gasteiger partial charge in [-0.3, -0.25) is 38.7 Å². The molecule has 1 unspecified atom stereocenters. The van der Waals surface area contributed by atoms with Crippen LogP contribution in [-0.2, 0) is 33.5 Å². The highest BCUT2D eigenvalue weighted by Gasteiger charge is 2.25. The van der Waals surface area contributed by atoms with Gasteiger partial charge in [0.15, 0.2) is 0 Å². The number of hydrogen-bond acceptors (Lipinski definition) is 10. The number of allylic oxidation sites excluding steroid dienone is 2. The standard InChI is InChI=1S/C13H14N2O4.C10H7NO3.C5H10N2.C5H5NO.CH4/c1-10-2-3-11(16)14(10)6-8-19-9-7-15-12(17)4-5-13(15)18;12-8-3-1-7(2-4-8)11-9(13)5-6-10(11)14;1-4-3-6-5(2)7-4;1-4-2-3-5(7)6-4;/h2-5H,1,6-9H2;1-6,12H;4H,3H2,1-2H3,(H,6,7);2-3H,1H2,(H,6,7);1H4. The number of nitrogens with one attached hydrogen (secondary N) is 2. The zero-order valence-corrected chi connectivity index (χ0v) is 26.0. The van der Waals surface area contributed by atoms with Crippen LogP contribution in [0.2, 0.25) is 0 Å². The van der Waals surface area contributed by atoms with Gasteiger partial charge in [0.1, 0.15) is 5.75 Å². The summed E-state index contributed by atoms with van der Waals surface area (Å²) in [5, 5.41) is 14.7. The van der Waals surface area contributed by atoms with Gasteiger partial charge in [-0.05, 0) is 50.3 Å². The van der Waals surface area contributed by atoms with Gasteiger partial charge < -0.3 is 25.4 Å². The molecule has 254 valence electrons. The molecule has 0 fully saturated rings. The van der Waals surface area contributed by atoms with Gasteiger partial charge in [0.2, 0.25) is 5.91 Å². The van der Waals surface area contributed by atoms with Gasteiger partial charge in [0, 0.05) is 60.4 Å². The van der Waals surface area contributed by atoms with Gasteiger partial charge in [0.05, 0.1) is 37.8 Å². The van der Waals surface area contributed by atoms with E-state index in [1.54, 1.807) is 12.2 Å². The third kappa shape index (κ3) is 11.5. The molecule has 0 aliphatic carbocycles. The van der Waals surface area contributed by atoms with Crippen LogP contribution in [0.5, 0.6) is 5.75 Å². The molecule has 0 saturated heterocycles. The summed E-state index contributed by atoms with van der Waals surface area (Å²) < 4.78 is 5.31. The number of aromatic hydroxyl groups is 1. The van der Waals surface area contributed by atoms with Gasteiger partial charge in [-0.1, -0.05) is 20.6 Å². The first-order valence-electron chi connectivity index (χ1n) is 14.5. The minimum atomic E-state index is -0.360. The number of ether oxygens (including phenoxy) is 1. The summed E-state index contributed by atoms with van der Waals surface area (Å²) in [5.41, 5.74) is 1.77. The van der Waals surface area contributed by atoms with Gasteiger partial charge in [-0.25, -0.2) is 4.90 Å². The van der Waals surface area contributed by atoms with E-state index in [9.17, 15) is 28.8 Å². The maximum absolute atomic E-state index is 11.4. The van der Waals surface area contributed by atoms with Crippen molar-refractivity contribution in [1.29, 1.82) is 0 Å². The van der Waals surface area contributed by atoms with Crippen molar-refractivity contribution in [2.75, 3.05) is 37.7 Å². The second-order valence-corrected chi connectivity index (χ2v) is 10.3. The molecule has 5 heterocycles. The number of carbonyl (C=O) groups is 6. The first kappa shape index (κ1) is 38.3. The molecule has 5 aliphatic rings. The number of benzene rings is 1. The van der Waals surface area contributed by atoms with Crippen molar-refractivity contribution < 1.29 is 38.6 Å². The lowest BCUT2D eigenvalue weighted by Gasteiger charge is -2.18. The van der Waals surface area contributed by atoms with E-state index < -0.39 is 0 Å². The van der Waals surface area contributed by atoms with E-state index in [-0.39, 0.29) is 61.8 Å². The summed E-state index contributed by atoms with van der Waals surface area (Å²) >= 11 is 0. The fourth-order valence-electron chi connectivity index (χ4n) is 4.20. The van der Waals surface area contributed by atoms with E-state index in [0.717, 1.165) is 22.2 Å². The Morgan fingerprint density at radius 2 is 1.31 bits per heavy atom. The summed E-state index contributed by atoms with van der Waals surface area (Å²) in [6.45, 7) is 13.5. The predicted octanol–water partition coefficient (Wildman–Crippen LogP) is 1.88. The molecule has 3 N–H and O–H groups in total. The molecular formula is C34H40N6O8. The van der Waals surface area contributed by atoms with Crippen molar-refractivity contribution in [3.8, 4) is 5.75 Å². The predicted molar refractivity (Wildman–Crippen MR) is 180 cm³/mol. The summed E-state index contributed by atoms with van der Waals surface area (Å²) in [6.07, 6.45) is 11.1. The van der Waals surface area contributed by atoms with Crippen LogP contribution >= 0.6 is 0 Å². The Morgan fingerprint density at radius 3 is 1.71 bits per heavy atom. The molecule has 6 amide bonds. The van der Waals surface area contributed by atoms with E-state index in [0.29, 0.717) is 36.3 Å². The molecule has 1 atom stereocenters. The maximum atomic E-state index is 11.4. The molecule has 0 bridgehead atoms. The Bertz CT molecular complexity index is 1470. The second kappa shape index (κ2) is 18.3. The van der Waals surface area contributed by atoms with Crippen LogP contribution in [0.1, 0.15) is 21.3 Å². The van der Waals surface area contributed by atoms with Crippen LogP contribution in [0.4, 0.5) is 5.69 Å². The van der Waals surface area contributed by atoms with Crippen molar-refractivity contribution >= 4 is 47.0 Å². The molecule has 0 spiro atoms. The second-order valence-electron chi connectivity index (χ2n) is 10.3. The van der Waals surface area contributed by atoms with Crippen LogP contribution in [-0.4, -0.2) is 95.1 Å². The van der Waals surface area contributed by atoms with Crippen LogP contribution in [0, 0.1) is 0 Å². The first-order chi connectivity index (χ1) is 22.3. The molecule has 0 aromatic heterocycles. The molecule has 1 aromatic carbocycles. The van der Waals surface area contributed by atoms with E-state index in [4.69, 9.17) is 9.84 Å². The number of nitrogens with zero attached hydrogens (tertiary/aromatic N) is 4. The normalized spacial score (nSPS) is 18.6. The molecule has 1 aromatic rings. The number of amides is 6. The number of anilines is 1. The highest BCUT2D eigenvalue weighted by atomic mass is 16.5. The van der Waals surface area contributed by atoms with Crippen LogP contribution in [0.3, 0.4) is 0 Å². The van der Waals surface area contributed by atoms with Crippen LogP contribution in [0.15, 0.2) is 102 Å². The quantitative estimate of drug-likeness (QED) is 0.291. The molecule has 6 rings (SSSR count). The van der Waals surface area contributed by atoms with Crippen LogP contribution < -0.4 is 15.5 Å². The summed E-state index contributed by atoms with van der Waals surface area (Å²) in [6, 6.07) is 6.44. The van der Waals surface area contributed by atoms with Crippen molar-refractivity contribution in [2.45, 2.75) is 27.3 Å². The third-order valence-electron chi connectivity index (χ3n) is 6.54. The van der Waals surface area contributed by atoms with E-state index in [1.807, 2.05) is 6.92 Å². The molecule has 0 radical (unpaired) electrons. The number of amidine groups is 1. The summed E-state index contributed by atoms with van der Waals surface area (Å²) in [7, 11) is 0. The Labute approximate surface area is 279 Å². The highest BCUT2D eigenvalue weighted by molar-refractivity contribution is 6.28. The summed E-state index contributed by atoms with van der Waals surface area (Å²) in [5.74, 6) is -0.371. The van der Waals surface area contributed by atoms with Crippen LogP contribution in [0.25, 0.3) is 0 Å². The molecular weight excluding hydrogens is 620 g/mol. The van der Waals surface area contributed by atoms with Gasteiger partial charge >= 0.3 is 0 Å². The molecule has 5 aliphatic heterocycles. The van der Waals surface area contributed by atoms with Crippen molar-refractivity contribution in [2.24, 2.45) is 4.99 Å². The largest absolute Gasteiger partial charge is 0.508 e. The maximum Gasteiger partial charge on any atom is 0.258 e. The minimum absolute atomic E-state index is 0. The average molecular weight is 661 g/mol. The number of rotatable bonds is 7. The van der Waals surface area contributed by atoms with E-state index in [2.05, 4.69) is 35.7 Å². The lowest BCUT2D eigenvalue weighted by Crippen LogP contribution is -2.34. The average Bonchev–Trinajstić information content (AvgIpc) is 3.84. The number of phenolic OH excluding ortho intramolecular Hbond substituents is 1. The fourth-order valence-corrected chi connectivity index (χ4v) is 4.20. The molecule has 0 saturated carbocycles. The van der Waals surface area contributed by atoms with E-state index in [1.165, 1.54) is 65.6 Å². The Morgan fingerprint density at radius 1 is 0.792 bits per heavy atom. The number of imide groups is 2. The van der Waals surface area contributed by atoms with Crippen molar-refractivity contribution in [3.05, 3.63) is 97.4 Å². The first-order valence-corrected chi connectivity index (χ1v) is 14.5. The topological polar surface area (TPSA) is 178 Å². The van der Waals surface area contributed by atoms with Crippen molar-refractivity contribution in [1.82, 2.24) is 20.4 Å². The van der Waals surface area contributed by atoms with Gasteiger partial charge in [-0.2, -0.15) is 0 Å².